The van der Waals surface area contributed by atoms with Crippen molar-refractivity contribution in [1.29, 1.82) is 0 Å². The number of amides is 1. The van der Waals surface area contributed by atoms with Gasteiger partial charge in [0.1, 0.15) is 11.5 Å². The van der Waals surface area contributed by atoms with E-state index in [9.17, 15) is 4.79 Å². The molecule has 2 aromatic carbocycles. The maximum Gasteiger partial charge on any atom is 0.230 e. The van der Waals surface area contributed by atoms with Gasteiger partial charge in [0.25, 0.3) is 0 Å². The van der Waals surface area contributed by atoms with E-state index >= 15 is 0 Å². The highest BCUT2D eigenvalue weighted by Gasteiger charge is 2.20. The van der Waals surface area contributed by atoms with Crippen molar-refractivity contribution in [2.45, 2.75) is 43.8 Å². The summed E-state index contributed by atoms with van der Waals surface area (Å²) in [6.45, 7) is 2.57. The molecule has 0 radical (unpaired) electrons. The molecule has 1 amide bonds. The van der Waals surface area contributed by atoms with Gasteiger partial charge >= 0.3 is 0 Å². The van der Waals surface area contributed by atoms with Crippen LogP contribution in [0.15, 0.2) is 53.7 Å². The summed E-state index contributed by atoms with van der Waals surface area (Å²) < 4.78 is 12.9. The van der Waals surface area contributed by atoms with Crippen LogP contribution in [0.3, 0.4) is 0 Å². The van der Waals surface area contributed by atoms with Crippen LogP contribution < -0.4 is 14.8 Å². The highest BCUT2D eigenvalue weighted by molar-refractivity contribution is 7.99. The molecule has 1 aliphatic rings. The second kappa shape index (κ2) is 10.5. The summed E-state index contributed by atoms with van der Waals surface area (Å²) in [5.74, 6) is 2.56. The van der Waals surface area contributed by atoms with E-state index in [0.29, 0.717) is 29.4 Å². The first-order valence-corrected chi connectivity index (χ1v) is 11.9. The number of ether oxygens (including phenoxy) is 2. The molecular formula is C24H28N4O3S. The molecule has 0 aliphatic heterocycles. The normalized spacial score (nSPS) is 13.8. The first kappa shape index (κ1) is 22.2. The number of benzene rings is 2. The van der Waals surface area contributed by atoms with Crippen molar-refractivity contribution in [2.24, 2.45) is 0 Å². The minimum absolute atomic E-state index is 0.0334. The first-order valence-electron chi connectivity index (χ1n) is 10.9. The van der Waals surface area contributed by atoms with Crippen molar-refractivity contribution in [3.63, 3.8) is 0 Å². The van der Waals surface area contributed by atoms with E-state index in [4.69, 9.17) is 9.47 Å². The monoisotopic (exact) mass is 452 g/mol. The van der Waals surface area contributed by atoms with E-state index in [1.54, 1.807) is 7.11 Å². The zero-order chi connectivity index (χ0) is 22.3. The quantitative estimate of drug-likeness (QED) is 0.482. The molecule has 0 unspecified atom stereocenters. The van der Waals surface area contributed by atoms with Crippen molar-refractivity contribution in [3.8, 4) is 28.6 Å². The summed E-state index contributed by atoms with van der Waals surface area (Å²) in [6, 6.07) is 15.8. The molecule has 32 heavy (non-hydrogen) atoms. The van der Waals surface area contributed by atoms with Gasteiger partial charge in [0.15, 0.2) is 11.0 Å². The maximum absolute atomic E-state index is 12.5. The number of nitrogens with one attached hydrogen (secondary N) is 1. The molecule has 1 N–H and O–H groups in total. The van der Waals surface area contributed by atoms with E-state index in [1.807, 2.05) is 60.0 Å². The van der Waals surface area contributed by atoms with Crippen LogP contribution >= 0.6 is 11.8 Å². The first-order chi connectivity index (χ1) is 15.7. The van der Waals surface area contributed by atoms with Gasteiger partial charge in [-0.1, -0.05) is 36.7 Å². The number of nitrogens with zero attached hydrogens (tertiary/aromatic N) is 3. The highest BCUT2D eigenvalue weighted by atomic mass is 32.2. The molecule has 3 aromatic rings. The van der Waals surface area contributed by atoms with Crippen molar-refractivity contribution in [3.05, 3.63) is 48.5 Å². The lowest BCUT2D eigenvalue weighted by Gasteiger charge is -2.13. The Hall–Kier alpha value is -3.00. The van der Waals surface area contributed by atoms with Crippen molar-refractivity contribution in [1.82, 2.24) is 20.1 Å². The molecule has 0 atom stereocenters. The van der Waals surface area contributed by atoms with Gasteiger partial charge in [0.05, 0.1) is 19.5 Å². The van der Waals surface area contributed by atoms with Crippen LogP contribution in [0.2, 0.25) is 0 Å². The van der Waals surface area contributed by atoms with Gasteiger partial charge in [-0.3, -0.25) is 9.36 Å². The third kappa shape index (κ3) is 5.24. The zero-order valence-electron chi connectivity index (χ0n) is 18.4. The van der Waals surface area contributed by atoms with Gasteiger partial charge in [-0.15, -0.1) is 10.2 Å². The van der Waals surface area contributed by atoms with Crippen LogP contribution in [0.4, 0.5) is 0 Å². The predicted molar refractivity (Wildman–Crippen MR) is 126 cm³/mol. The van der Waals surface area contributed by atoms with Crippen molar-refractivity contribution >= 4 is 17.7 Å². The molecular weight excluding hydrogens is 424 g/mol. The minimum Gasteiger partial charge on any atom is -0.497 e. The summed E-state index contributed by atoms with van der Waals surface area (Å²) >= 11 is 1.39. The molecule has 0 spiro atoms. The van der Waals surface area contributed by atoms with Gasteiger partial charge in [-0.05, 0) is 56.2 Å². The fourth-order valence-electron chi connectivity index (χ4n) is 3.87. The Balaban J connectivity index is 1.61. The van der Waals surface area contributed by atoms with Crippen LogP contribution in [-0.2, 0) is 4.79 Å². The predicted octanol–water partition coefficient (Wildman–Crippen LogP) is 4.49. The minimum atomic E-state index is 0.0334. The van der Waals surface area contributed by atoms with E-state index in [1.165, 1.54) is 24.6 Å². The lowest BCUT2D eigenvalue weighted by atomic mass is 10.2. The average Bonchev–Trinajstić information content (AvgIpc) is 3.48. The highest BCUT2D eigenvalue weighted by Crippen LogP contribution is 2.30. The summed E-state index contributed by atoms with van der Waals surface area (Å²) in [5, 5.41) is 12.7. The number of hydrogen-bond acceptors (Lipinski definition) is 6. The molecule has 1 saturated carbocycles. The summed E-state index contributed by atoms with van der Waals surface area (Å²) in [7, 11) is 1.64. The van der Waals surface area contributed by atoms with Crippen LogP contribution in [0.1, 0.15) is 32.6 Å². The van der Waals surface area contributed by atoms with Gasteiger partial charge in [-0.2, -0.15) is 0 Å². The SMILES string of the molecule is CCOc1ccc(-n2c(SCC(=O)NC3CCCC3)nnc2-c2cccc(OC)c2)cc1. The lowest BCUT2D eigenvalue weighted by Crippen LogP contribution is -2.33. The molecule has 7 nitrogen and oxygen atoms in total. The van der Waals surface area contributed by atoms with Crippen molar-refractivity contribution < 1.29 is 14.3 Å². The molecule has 1 aliphatic carbocycles. The third-order valence-electron chi connectivity index (χ3n) is 5.42. The molecule has 1 heterocycles. The van der Waals surface area contributed by atoms with Crippen LogP contribution in [0.25, 0.3) is 17.1 Å². The molecule has 8 heteroatoms. The Morgan fingerprint density at radius 2 is 1.91 bits per heavy atom. The van der Waals surface area contributed by atoms with Gasteiger partial charge < -0.3 is 14.8 Å². The fraction of sp³-hybridized carbons (Fsp3) is 0.375. The van der Waals surface area contributed by atoms with E-state index in [0.717, 1.165) is 35.6 Å². The maximum atomic E-state index is 12.5. The Labute approximate surface area is 192 Å². The van der Waals surface area contributed by atoms with Crippen LogP contribution in [0, 0.1) is 0 Å². The number of rotatable bonds is 9. The van der Waals surface area contributed by atoms with Crippen molar-refractivity contribution in [2.75, 3.05) is 19.5 Å². The van der Waals surface area contributed by atoms with E-state index in [2.05, 4.69) is 15.5 Å². The van der Waals surface area contributed by atoms with Crippen LogP contribution in [0.5, 0.6) is 11.5 Å². The number of thioether (sulfide) groups is 1. The van der Waals surface area contributed by atoms with Gasteiger partial charge in [0, 0.05) is 17.3 Å². The molecule has 0 saturated heterocycles. The fourth-order valence-corrected chi connectivity index (χ4v) is 4.64. The Bertz CT molecular complexity index is 1050. The topological polar surface area (TPSA) is 78.3 Å². The van der Waals surface area contributed by atoms with E-state index < -0.39 is 0 Å². The van der Waals surface area contributed by atoms with Crippen LogP contribution in [-0.4, -0.2) is 46.2 Å². The zero-order valence-corrected chi connectivity index (χ0v) is 19.2. The number of carbonyl (C=O) groups excluding carboxylic acids is 1. The molecule has 0 bridgehead atoms. The Morgan fingerprint density at radius 1 is 1.12 bits per heavy atom. The summed E-state index contributed by atoms with van der Waals surface area (Å²) in [6.07, 6.45) is 4.51. The van der Waals surface area contributed by atoms with Gasteiger partial charge in [-0.25, -0.2) is 0 Å². The smallest absolute Gasteiger partial charge is 0.230 e. The number of hydrogen-bond donors (Lipinski definition) is 1. The average molecular weight is 453 g/mol. The van der Waals surface area contributed by atoms with E-state index in [-0.39, 0.29) is 5.91 Å². The number of methoxy groups -OCH3 is 1. The molecule has 1 aromatic heterocycles. The summed E-state index contributed by atoms with van der Waals surface area (Å²) in [5.41, 5.74) is 1.78. The standard InChI is InChI=1S/C24H28N4O3S/c1-3-31-20-13-11-19(12-14-20)28-23(17-7-6-10-21(15-17)30-2)26-27-24(28)32-16-22(29)25-18-8-4-5-9-18/h6-7,10-15,18H,3-5,8-9,16H2,1-2H3,(H,25,29). The third-order valence-corrected chi connectivity index (χ3v) is 6.35. The summed E-state index contributed by atoms with van der Waals surface area (Å²) in [4.78, 5) is 12.5. The molecule has 1 fully saturated rings. The molecule has 168 valence electrons. The number of carbonyl (C=O) groups is 1. The number of aromatic nitrogens is 3. The lowest BCUT2D eigenvalue weighted by molar-refractivity contribution is -0.119. The second-order valence-corrected chi connectivity index (χ2v) is 8.58. The van der Waals surface area contributed by atoms with Gasteiger partial charge in [0.2, 0.25) is 5.91 Å². The largest absolute Gasteiger partial charge is 0.497 e. The Morgan fingerprint density at radius 3 is 2.62 bits per heavy atom. The second-order valence-electron chi connectivity index (χ2n) is 7.64. The molecule has 4 rings (SSSR count). The Kier molecular flexibility index (Phi) is 7.32.